The molecule has 0 spiro atoms. The Labute approximate surface area is 102 Å². The fourth-order valence-corrected chi connectivity index (χ4v) is 3.01. The van der Waals surface area contributed by atoms with Crippen LogP contribution in [0.4, 0.5) is 0 Å². The van der Waals surface area contributed by atoms with E-state index in [0.717, 1.165) is 24.1 Å². The van der Waals surface area contributed by atoms with E-state index in [1.807, 2.05) is 6.20 Å². The Hall–Kier alpha value is -0.450. The fourth-order valence-electron chi connectivity index (χ4n) is 2.25. The van der Waals surface area contributed by atoms with Crippen LogP contribution in [0.25, 0.3) is 0 Å². The normalized spacial score (nSPS) is 21.8. The van der Waals surface area contributed by atoms with Crippen molar-refractivity contribution in [2.75, 3.05) is 19.6 Å². The maximum Gasteiger partial charge on any atom is 0.0897 e. The number of aromatic nitrogens is 1. The average Bonchev–Trinajstić information content (AvgIpc) is 2.83. The second-order valence-corrected chi connectivity index (χ2v) is 5.87. The Morgan fingerprint density at radius 2 is 2.50 bits per heavy atom. The molecule has 0 amide bonds. The molecule has 0 aromatic carbocycles. The molecule has 0 bridgehead atoms. The van der Waals surface area contributed by atoms with Gasteiger partial charge in [-0.05, 0) is 33.2 Å². The van der Waals surface area contributed by atoms with Crippen molar-refractivity contribution in [1.29, 1.82) is 0 Å². The van der Waals surface area contributed by atoms with Gasteiger partial charge in [0.2, 0.25) is 0 Å². The molecule has 16 heavy (non-hydrogen) atoms. The van der Waals surface area contributed by atoms with Gasteiger partial charge in [0, 0.05) is 36.8 Å². The predicted molar refractivity (Wildman–Crippen MR) is 68.8 cm³/mol. The van der Waals surface area contributed by atoms with Crippen LogP contribution in [0.1, 0.15) is 29.7 Å². The molecule has 1 unspecified atom stereocenters. The summed E-state index contributed by atoms with van der Waals surface area (Å²) in [6.07, 6.45) is 4.72. The molecule has 1 atom stereocenters. The molecule has 3 nitrogen and oxygen atoms in total. The Morgan fingerprint density at radius 1 is 1.62 bits per heavy atom. The van der Waals surface area contributed by atoms with Crippen LogP contribution in [0.5, 0.6) is 0 Å². The zero-order valence-corrected chi connectivity index (χ0v) is 11.0. The van der Waals surface area contributed by atoms with Gasteiger partial charge in [-0.2, -0.15) is 0 Å². The van der Waals surface area contributed by atoms with Crippen LogP contribution in [0.2, 0.25) is 0 Å². The second kappa shape index (κ2) is 5.75. The summed E-state index contributed by atoms with van der Waals surface area (Å²) in [7, 11) is 0. The molecule has 90 valence electrons. The van der Waals surface area contributed by atoms with Gasteiger partial charge in [0.1, 0.15) is 0 Å². The van der Waals surface area contributed by atoms with Gasteiger partial charge >= 0.3 is 0 Å². The number of rotatable bonds is 5. The van der Waals surface area contributed by atoms with Crippen molar-refractivity contribution < 1.29 is 0 Å². The summed E-state index contributed by atoms with van der Waals surface area (Å²) in [4.78, 5) is 8.17. The minimum absolute atomic E-state index is 0.785. The van der Waals surface area contributed by atoms with E-state index in [2.05, 4.69) is 29.0 Å². The third-order valence-corrected chi connectivity index (χ3v) is 4.15. The molecular weight excluding hydrogens is 218 g/mol. The van der Waals surface area contributed by atoms with E-state index < -0.39 is 0 Å². The van der Waals surface area contributed by atoms with Crippen LogP contribution in [0, 0.1) is 6.92 Å². The molecule has 1 fully saturated rings. The summed E-state index contributed by atoms with van der Waals surface area (Å²) in [6.45, 7) is 8.90. The van der Waals surface area contributed by atoms with Crippen molar-refractivity contribution in [1.82, 2.24) is 15.2 Å². The first-order chi connectivity index (χ1) is 7.75. The molecule has 1 N–H and O–H groups in total. The lowest BCUT2D eigenvalue weighted by atomic mass is 10.2. The second-order valence-electron chi connectivity index (χ2n) is 4.55. The van der Waals surface area contributed by atoms with Gasteiger partial charge in [0.15, 0.2) is 0 Å². The molecule has 1 aromatic heterocycles. The van der Waals surface area contributed by atoms with Gasteiger partial charge < -0.3 is 5.32 Å². The zero-order chi connectivity index (χ0) is 11.4. The first kappa shape index (κ1) is 12.0. The molecule has 2 rings (SSSR count). The quantitative estimate of drug-likeness (QED) is 0.797. The van der Waals surface area contributed by atoms with Crippen molar-refractivity contribution in [2.45, 2.75) is 39.3 Å². The van der Waals surface area contributed by atoms with Crippen molar-refractivity contribution in [3.63, 3.8) is 0 Å². The standard InChI is InChI=1S/C12H21N3S/c1-10-4-3-6-15(10)7-5-13-8-12-9-14-11(2)16-12/h9-10,13H,3-8H2,1-2H3. The van der Waals surface area contributed by atoms with E-state index >= 15 is 0 Å². The van der Waals surface area contributed by atoms with Gasteiger partial charge in [-0.1, -0.05) is 0 Å². The van der Waals surface area contributed by atoms with Gasteiger partial charge in [-0.15, -0.1) is 11.3 Å². The number of likely N-dealkylation sites (tertiary alicyclic amines) is 1. The van der Waals surface area contributed by atoms with Crippen LogP contribution in [0.3, 0.4) is 0 Å². The van der Waals surface area contributed by atoms with Crippen LogP contribution in [-0.4, -0.2) is 35.6 Å². The predicted octanol–water partition coefficient (Wildman–Crippen LogP) is 2.03. The highest BCUT2D eigenvalue weighted by atomic mass is 32.1. The van der Waals surface area contributed by atoms with Crippen LogP contribution < -0.4 is 5.32 Å². The number of aryl methyl sites for hydroxylation is 1. The van der Waals surface area contributed by atoms with Gasteiger partial charge in [-0.25, -0.2) is 4.98 Å². The molecule has 2 heterocycles. The molecule has 0 aliphatic carbocycles. The Morgan fingerprint density at radius 3 is 3.12 bits per heavy atom. The minimum Gasteiger partial charge on any atom is -0.311 e. The van der Waals surface area contributed by atoms with E-state index in [0.29, 0.717) is 0 Å². The Bertz CT molecular complexity index is 324. The maximum absolute atomic E-state index is 4.25. The van der Waals surface area contributed by atoms with Crippen molar-refractivity contribution >= 4 is 11.3 Å². The van der Waals surface area contributed by atoms with E-state index in [1.54, 1.807) is 11.3 Å². The number of nitrogens with one attached hydrogen (secondary N) is 1. The monoisotopic (exact) mass is 239 g/mol. The highest BCUT2D eigenvalue weighted by Crippen LogP contribution is 2.15. The molecular formula is C12H21N3S. The molecule has 4 heteroatoms. The fraction of sp³-hybridized carbons (Fsp3) is 0.750. The molecule has 1 aromatic rings. The Balaban J connectivity index is 1.61. The Kier molecular flexibility index (Phi) is 4.32. The number of hydrogen-bond acceptors (Lipinski definition) is 4. The van der Waals surface area contributed by atoms with Crippen molar-refractivity contribution in [3.05, 3.63) is 16.1 Å². The third-order valence-electron chi connectivity index (χ3n) is 3.23. The molecule has 1 saturated heterocycles. The average molecular weight is 239 g/mol. The van der Waals surface area contributed by atoms with Gasteiger partial charge in [0.25, 0.3) is 0 Å². The SMILES string of the molecule is Cc1ncc(CNCCN2CCCC2C)s1. The summed E-state index contributed by atoms with van der Waals surface area (Å²) >= 11 is 1.78. The highest BCUT2D eigenvalue weighted by Gasteiger charge is 2.18. The molecule has 1 aliphatic rings. The summed E-state index contributed by atoms with van der Waals surface area (Å²) in [5.74, 6) is 0. The number of nitrogens with zero attached hydrogens (tertiary/aromatic N) is 2. The largest absolute Gasteiger partial charge is 0.311 e. The topological polar surface area (TPSA) is 28.2 Å². The summed E-state index contributed by atoms with van der Waals surface area (Å²) < 4.78 is 0. The van der Waals surface area contributed by atoms with E-state index in [9.17, 15) is 0 Å². The lowest BCUT2D eigenvalue weighted by Crippen LogP contribution is -2.33. The van der Waals surface area contributed by atoms with E-state index in [4.69, 9.17) is 0 Å². The first-order valence-electron chi connectivity index (χ1n) is 6.12. The number of thiazole rings is 1. The van der Waals surface area contributed by atoms with Crippen molar-refractivity contribution in [3.8, 4) is 0 Å². The molecule has 1 aliphatic heterocycles. The summed E-state index contributed by atoms with van der Waals surface area (Å²) in [5, 5.41) is 4.65. The van der Waals surface area contributed by atoms with Crippen LogP contribution in [-0.2, 0) is 6.54 Å². The molecule has 0 radical (unpaired) electrons. The van der Waals surface area contributed by atoms with Crippen LogP contribution in [0.15, 0.2) is 6.20 Å². The van der Waals surface area contributed by atoms with Gasteiger partial charge in [-0.3, -0.25) is 4.90 Å². The van der Waals surface area contributed by atoms with Crippen molar-refractivity contribution in [2.24, 2.45) is 0 Å². The maximum atomic E-state index is 4.25. The summed E-state index contributed by atoms with van der Waals surface area (Å²) in [5.41, 5.74) is 0. The summed E-state index contributed by atoms with van der Waals surface area (Å²) in [6, 6.07) is 0.785. The smallest absolute Gasteiger partial charge is 0.0897 e. The zero-order valence-electron chi connectivity index (χ0n) is 10.2. The minimum atomic E-state index is 0.785. The van der Waals surface area contributed by atoms with Gasteiger partial charge in [0.05, 0.1) is 5.01 Å². The first-order valence-corrected chi connectivity index (χ1v) is 6.93. The highest BCUT2D eigenvalue weighted by molar-refractivity contribution is 7.11. The molecule has 0 saturated carbocycles. The lowest BCUT2D eigenvalue weighted by Gasteiger charge is -2.20. The number of hydrogen-bond donors (Lipinski definition) is 1. The van der Waals surface area contributed by atoms with Crippen LogP contribution >= 0.6 is 11.3 Å². The van der Waals surface area contributed by atoms with E-state index in [1.165, 1.54) is 30.8 Å². The lowest BCUT2D eigenvalue weighted by molar-refractivity contribution is 0.268. The third kappa shape index (κ3) is 3.27. The van der Waals surface area contributed by atoms with E-state index in [-0.39, 0.29) is 0 Å².